The maximum atomic E-state index is 5.38. The standard InChI is InChI=1S/C17H17N3OS.C16H36N/c1-10-7-14-15(8-11(10)2)19-17(18-14)20-16(22)12-5-4-6-13(9-12)21-3;1-5-9-13-17(14-10-6-2,15-11-7-3)16-12-8-4/h4-9H,1-3H3,(H2,18,19,20,22);5-16H2,1-4H3/q;+1/p-1. The Bertz CT molecular complexity index is 1080. The molecule has 0 bridgehead atoms. The predicted molar refractivity (Wildman–Crippen MR) is 171 cm³/mol. The number of methoxy groups -OCH3 is 1. The first kappa shape index (κ1) is 32.8. The lowest BCUT2D eigenvalue weighted by atomic mass is 10.1. The summed E-state index contributed by atoms with van der Waals surface area (Å²) in [5.74, 6) is 1.28. The van der Waals surface area contributed by atoms with Crippen LogP contribution < -0.4 is 4.74 Å². The zero-order valence-corrected chi connectivity index (χ0v) is 26.4. The molecule has 0 saturated carbocycles. The number of rotatable bonds is 15. The first-order valence-corrected chi connectivity index (χ1v) is 15.4. The molecule has 39 heavy (non-hydrogen) atoms. The second kappa shape index (κ2) is 17.3. The Balaban J connectivity index is 0.000000285. The summed E-state index contributed by atoms with van der Waals surface area (Å²) in [6.45, 7) is 19.2. The van der Waals surface area contributed by atoms with Crippen LogP contribution in [0.3, 0.4) is 0 Å². The Morgan fingerprint density at radius 2 is 1.38 bits per heavy atom. The van der Waals surface area contributed by atoms with Crippen LogP contribution in [0.1, 0.15) is 95.8 Å². The largest absolute Gasteiger partial charge is 0.759 e. The summed E-state index contributed by atoms with van der Waals surface area (Å²) in [6.07, 6.45) is 11.1. The highest BCUT2D eigenvalue weighted by Crippen LogP contribution is 2.22. The monoisotopic (exact) mass is 552 g/mol. The van der Waals surface area contributed by atoms with Crippen molar-refractivity contribution in [3.05, 3.63) is 53.1 Å². The van der Waals surface area contributed by atoms with Crippen molar-refractivity contribution in [2.75, 3.05) is 33.3 Å². The molecule has 0 amide bonds. The maximum absolute atomic E-state index is 5.38. The van der Waals surface area contributed by atoms with Gasteiger partial charge < -0.3 is 26.8 Å². The number of hydrogen-bond donors (Lipinski definition) is 1. The molecule has 6 heteroatoms. The SMILES string of the molecule is CCCC[N+](CCCC)(CCCC)CCCC.COc1cccc(/C([S-])=N/c2nc3cc(C)c(C)cc3[nH]2)c1. The number of H-pyrrole nitrogens is 1. The van der Waals surface area contributed by atoms with Crippen LogP contribution >= 0.6 is 0 Å². The van der Waals surface area contributed by atoms with Gasteiger partial charge in [-0.25, -0.2) is 9.98 Å². The predicted octanol–water partition coefficient (Wildman–Crippen LogP) is 8.82. The third-order valence-electron chi connectivity index (χ3n) is 7.55. The van der Waals surface area contributed by atoms with Crippen molar-refractivity contribution in [3.63, 3.8) is 0 Å². The number of benzene rings is 2. The Hall–Kier alpha value is -2.44. The van der Waals surface area contributed by atoms with Crippen molar-refractivity contribution in [3.8, 4) is 5.75 Å². The molecule has 0 unspecified atom stereocenters. The Kier molecular flexibility index (Phi) is 14.5. The van der Waals surface area contributed by atoms with Gasteiger partial charge in [0.05, 0.1) is 44.3 Å². The molecule has 216 valence electrons. The lowest BCUT2D eigenvalue weighted by Crippen LogP contribution is -2.50. The van der Waals surface area contributed by atoms with Gasteiger partial charge in [0.1, 0.15) is 5.75 Å². The van der Waals surface area contributed by atoms with E-state index in [1.54, 1.807) is 7.11 Å². The Morgan fingerprint density at radius 3 is 1.90 bits per heavy atom. The quantitative estimate of drug-likeness (QED) is 0.0887. The molecule has 0 fully saturated rings. The molecule has 2 aromatic carbocycles. The minimum atomic E-state index is 0.478. The van der Waals surface area contributed by atoms with Gasteiger partial charge in [-0.2, -0.15) is 0 Å². The molecule has 5 nitrogen and oxygen atoms in total. The second-order valence-corrected chi connectivity index (χ2v) is 11.2. The van der Waals surface area contributed by atoms with E-state index in [4.69, 9.17) is 17.4 Å². The number of quaternary nitrogens is 1. The number of fused-ring (bicyclic) bond motifs is 1. The minimum absolute atomic E-state index is 0.478. The fraction of sp³-hybridized carbons (Fsp3) is 0.576. The van der Waals surface area contributed by atoms with E-state index in [9.17, 15) is 0 Å². The van der Waals surface area contributed by atoms with E-state index in [1.165, 1.54) is 93.2 Å². The molecule has 3 rings (SSSR count). The van der Waals surface area contributed by atoms with Crippen LogP contribution in [0.15, 0.2) is 41.4 Å². The Labute approximate surface area is 243 Å². The van der Waals surface area contributed by atoms with Gasteiger partial charge in [0.25, 0.3) is 0 Å². The van der Waals surface area contributed by atoms with Gasteiger partial charge in [0.2, 0.25) is 5.95 Å². The molecule has 0 spiro atoms. The highest BCUT2D eigenvalue weighted by molar-refractivity contribution is 7.78. The summed E-state index contributed by atoms with van der Waals surface area (Å²) >= 11 is 5.38. The zero-order valence-electron chi connectivity index (χ0n) is 25.6. The summed E-state index contributed by atoms with van der Waals surface area (Å²) in [7, 11) is 1.63. The van der Waals surface area contributed by atoms with E-state index in [0.29, 0.717) is 11.0 Å². The van der Waals surface area contributed by atoms with Crippen LogP contribution in [-0.4, -0.2) is 52.8 Å². The van der Waals surface area contributed by atoms with Crippen LogP contribution in [0.5, 0.6) is 5.75 Å². The lowest BCUT2D eigenvalue weighted by molar-refractivity contribution is -0.929. The van der Waals surface area contributed by atoms with E-state index in [1.807, 2.05) is 24.3 Å². The molecular formula is C33H52N4OS. The van der Waals surface area contributed by atoms with E-state index in [0.717, 1.165) is 22.3 Å². The van der Waals surface area contributed by atoms with Crippen LogP contribution in [0.25, 0.3) is 11.0 Å². The number of imidazole rings is 1. The first-order valence-electron chi connectivity index (χ1n) is 15.0. The minimum Gasteiger partial charge on any atom is -0.759 e. The van der Waals surface area contributed by atoms with Crippen molar-refractivity contribution in [1.29, 1.82) is 0 Å². The number of aryl methyl sites for hydroxylation is 2. The highest BCUT2D eigenvalue weighted by Gasteiger charge is 2.24. The van der Waals surface area contributed by atoms with E-state index in [2.05, 4.69) is 68.6 Å². The third-order valence-corrected chi connectivity index (χ3v) is 7.88. The van der Waals surface area contributed by atoms with Gasteiger partial charge in [0.15, 0.2) is 0 Å². The van der Waals surface area contributed by atoms with Crippen LogP contribution in [0, 0.1) is 13.8 Å². The molecular weight excluding hydrogens is 500 g/mol. The molecule has 0 atom stereocenters. The van der Waals surface area contributed by atoms with Gasteiger partial charge in [0, 0.05) is 0 Å². The molecule has 0 aliphatic rings. The number of unbranched alkanes of at least 4 members (excludes halogenated alkanes) is 4. The number of aromatic nitrogens is 2. The number of nitrogens with one attached hydrogen (secondary N) is 1. The maximum Gasteiger partial charge on any atom is 0.226 e. The zero-order chi connectivity index (χ0) is 28.7. The molecule has 1 N–H and O–H groups in total. The van der Waals surface area contributed by atoms with Crippen molar-refractivity contribution in [1.82, 2.24) is 9.97 Å². The van der Waals surface area contributed by atoms with E-state index >= 15 is 0 Å². The second-order valence-electron chi connectivity index (χ2n) is 10.8. The molecule has 0 saturated heterocycles. The van der Waals surface area contributed by atoms with Crippen molar-refractivity contribution >= 4 is 34.7 Å². The number of hydrogen-bond acceptors (Lipinski definition) is 4. The molecule has 0 aliphatic heterocycles. The summed E-state index contributed by atoms with van der Waals surface area (Å²) in [4.78, 5) is 12.1. The molecule has 1 heterocycles. The van der Waals surface area contributed by atoms with E-state index in [-0.39, 0.29) is 0 Å². The van der Waals surface area contributed by atoms with Crippen LogP contribution in [0.4, 0.5) is 5.95 Å². The summed E-state index contributed by atoms with van der Waals surface area (Å²) < 4.78 is 6.62. The van der Waals surface area contributed by atoms with Crippen molar-refractivity contribution in [2.45, 2.75) is 92.9 Å². The van der Waals surface area contributed by atoms with Crippen LogP contribution in [0.2, 0.25) is 0 Å². The van der Waals surface area contributed by atoms with Gasteiger partial charge in [-0.1, -0.05) is 70.6 Å². The summed E-state index contributed by atoms with van der Waals surface area (Å²) in [5.41, 5.74) is 5.13. The van der Waals surface area contributed by atoms with E-state index < -0.39 is 0 Å². The average molecular weight is 553 g/mol. The average Bonchev–Trinajstić information content (AvgIpc) is 3.33. The van der Waals surface area contributed by atoms with Crippen molar-refractivity contribution in [2.24, 2.45) is 4.99 Å². The van der Waals surface area contributed by atoms with Gasteiger partial charge >= 0.3 is 0 Å². The van der Waals surface area contributed by atoms with Crippen LogP contribution in [-0.2, 0) is 12.6 Å². The fourth-order valence-corrected chi connectivity index (χ4v) is 5.08. The topological polar surface area (TPSA) is 50.3 Å². The first-order chi connectivity index (χ1) is 18.8. The Morgan fingerprint density at radius 1 is 0.846 bits per heavy atom. The van der Waals surface area contributed by atoms with Crippen molar-refractivity contribution < 1.29 is 9.22 Å². The highest BCUT2D eigenvalue weighted by atomic mass is 32.1. The van der Waals surface area contributed by atoms with Gasteiger partial charge in [-0.3, -0.25) is 0 Å². The molecule has 1 aromatic heterocycles. The molecule has 0 aliphatic carbocycles. The summed E-state index contributed by atoms with van der Waals surface area (Å²) in [5, 5.41) is 0.478. The number of nitrogens with zero attached hydrogens (tertiary/aromatic N) is 3. The molecule has 3 aromatic rings. The summed E-state index contributed by atoms with van der Waals surface area (Å²) in [6, 6.07) is 11.7. The number of aromatic amines is 1. The number of ether oxygens (including phenoxy) is 1. The van der Waals surface area contributed by atoms with Gasteiger partial charge in [-0.05, 0) is 80.5 Å². The third kappa shape index (κ3) is 10.6. The number of aliphatic imine (C=N–C) groups is 1. The lowest BCUT2D eigenvalue weighted by Gasteiger charge is -2.39. The smallest absolute Gasteiger partial charge is 0.226 e. The molecule has 0 radical (unpaired) electrons. The normalized spacial score (nSPS) is 11.9. The van der Waals surface area contributed by atoms with Gasteiger partial charge in [-0.15, -0.1) is 0 Å². The fourth-order valence-electron chi connectivity index (χ4n) is 4.87.